The van der Waals surface area contributed by atoms with E-state index in [2.05, 4.69) is 17.6 Å². The van der Waals surface area contributed by atoms with E-state index in [1.165, 1.54) is 18.2 Å². The number of carboxylic acid groups (broad SMARTS) is 1. The molecule has 2 aromatic rings. The van der Waals surface area contributed by atoms with Gasteiger partial charge in [-0.05, 0) is 48.6 Å². The Morgan fingerprint density at radius 3 is 2.46 bits per heavy atom. The van der Waals surface area contributed by atoms with E-state index in [0.717, 1.165) is 47.5 Å². The van der Waals surface area contributed by atoms with Crippen LogP contribution in [0.2, 0.25) is 0 Å². The molecule has 3 N–H and O–H groups in total. The number of hydrazone groups is 1. The standard InChI is InChI=1S/C30H36N4O5/c1-18-8-11-20(12-9-18)27-23-13-10-19(15-25(35)30(2,3)4)14-24(23)32-29(39)34(33-27)17-26(36)31-22-7-5-6-21(16-22)28(37)38/h5-7,10,13-14,16,18,20H,8-9,11-12,15,17H2,1-4H3,(H,31,36)(H,32,39)(H,37,38). The second kappa shape index (κ2) is 11.4. The van der Waals surface area contributed by atoms with Gasteiger partial charge in [0, 0.05) is 29.0 Å². The van der Waals surface area contributed by atoms with Crippen molar-refractivity contribution in [3.8, 4) is 0 Å². The molecule has 39 heavy (non-hydrogen) atoms. The molecule has 0 spiro atoms. The van der Waals surface area contributed by atoms with E-state index < -0.39 is 23.3 Å². The number of carbonyl (C=O) groups is 4. The molecule has 1 saturated carbocycles. The summed E-state index contributed by atoms with van der Waals surface area (Å²) >= 11 is 0. The van der Waals surface area contributed by atoms with Gasteiger partial charge in [0.2, 0.25) is 5.91 Å². The van der Waals surface area contributed by atoms with Gasteiger partial charge in [0.25, 0.3) is 0 Å². The van der Waals surface area contributed by atoms with E-state index in [1.807, 2.05) is 39.0 Å². The molecule has 1 fully saturated rings. The number of ketones is 1. The van der Waals surface area contributed by atoms with E-state index in [0.29, 0.717) is 17.3 Å². The Morgan fingerprint density at radius 1 is 1.08 bits per heavy atom. The number of Topliss-reactive ketones (excluding diaryl/α,β-unsaturated/α-hetero) is 1. The van der Waals surface area contributed by atoms with Gasteiger partial charge in [-0.3, -0.25) is 9.59 Å². The van der Waals surface area contributed by atoms with Crippen LogP contribution in [0.3, 0.4) is 0 Å². The van der Waals surface area contributed by atoms with Crippen molar-refractivity contribution in [2.24, 2.45) is 22.4 Å². The first kappa shape index (κ1) is 28.0. The fraction of sp³-hybridized carbons (Fsp3) is 0.433. The molecule has 0 bridgehead atoms. The molecule has 9 nitrogen and oxygen atoms in total. The molecule has 0 aromatic heterocycles. The Morgan fingerprint density at radius 2 is 1.79 bits per heavy atom. The van der Waals surface area contributed by atoms with Crippen LogP contribution in [-0.2, 0) is 16.0 Å². The van der Waals surface area contributed by atoms with Crippen molar-refractivity contribution in [1.29, 1.82) is 0 Å². The van der Waals surface area contributed by atoms with Crippen LogP contribution in [0.5, 0.6) is 0 Å². The van der Waals surface area contributed by atoms with Gasteiger partial charge in [0.15, 0.2) is 0 Å². The summed E-state index contributed by atoms with van der Waals surface area (Å²) < 4.78 is 0. The van der Waals surface area contributed by atoms with Crippen molar-refractivity contribution in [3.63, 3.8) is 0 Å². The predicted octanol–water partition coefficient (Wildman–Crippen LogP) is 5.56. The van der Waals surface area contributed by atoms with Gasteiger partial charge in [-0.1, -0.05) is 58.7 Å². The summed E-state index contributed by atoms with van der Waals surface area (Å²) in [6.07, 6.45) is 4.22. The molecule has 206 valence electrons. The number of benzene rings is 2. The maximum Gasteiger partial charge on any atom is 0.342 e. The molecule has 2 aromatic carbocycles. The fourth-order valence-corrected chi connectivity index (χ4v) is 4.90. The first-order valence-corrected chi connectivity index (χ1v) is 13.4. The van der Waals surface area contributed by atoms with Crippen LogP contribution in [0, 0.1) is 17.3 Å². The average Bonchev–Trinajstić information content (AvgIpc) is 3.00. The van der Waals surface area contributed by atoms with Crippen LogP contribution in [0.1, 0.15) is 74.9 Å². The molecule has 0 unspecified atom stereocenters. The molecule has 1 aliphatic heterocycles. The van der Waals surface area contributed by atoms with Crippen LogP contribution in [0.15, 0.2) is 47.6 Å². The van der Waals surface area contributed by atoms with Crippen molar-refractivity contribution in [2.75, 3.05) is 17.2 Å². The maximum absolute atomic E-state index is 13.3. The highest BCUT2D eigenvalue weighted by Gasteiger charge is 2.31. The topological polar surface area (TPSA) is 128 Å². The van der Waals surface area contributed by atoms with Crippen molar-refractivity contribution in [2.45, 2.75) is 59.8 Å². The van der Waals surface area contributed by atoms with E-state index >= 15 is 0 Å². The lowest BCUT2D eigenvalue weighted by Gasteiger charge is -2.28. The zero-order valence-corrected chi connectivity index (χ0v) is 22.9. The Kier molecular flexibility index (Phi) is 8.18. The minimum atomic E-state index is -1.10. The maximum atomic E-state index is 13.3. The van der Waals surface area contributed by atoms with Crippen molar-refractivity contribution in [3.05, 3.63) is 59.2 Å². The number of aromatic carboxylic acids is 1. The third-order valence-corrected chi connectivity index (χ3v) is 7.35. The number of hydrogen-bond acceptors (Lipinski definition) is 5. The summed E-state index contributed by atoms with van der Waals surface area (Å²) in [5.74, 6) is -0.748. The number of nitrogens with zero attached hydrogens (tertiary/aromatic N) is 2. The Bertz CT molecular complexity index is 1320. The molecular formula is C30H36N4O5. The summed E-state index contributed by atoms with van der Waals surface area (Å²) in [5, 5.41) is 20.6. The second-order valence-corrected chi connectivity index (χ2v) is 11.6. The number of amides is 3. The number of anilines is 2. The SMILES string of the molecule is CC1CCC(C2=NN(CC(=O)Nc3cccc(C(=O)O)c3)C(=O)Nc3cc(CC(=O)C(C)(C)C)ccc32)CC1. The van der Waals surface area contributed by atoms with E-state index in [-0.39, 0.29) is 30.2 Å². The smallest absolute Gasteiger partial charge is 0.342 e. The zero-order valence-electron chi connectivity index (χ0n) is 22.9. The first-order valence-electron chi connectivity index (χ1n) is 13.4. The highest BCUT2D eigenvalue weighted by atomic mass is 16.4. The van der Waals surface area contributed by atoms with Crippen molar-refractivity contribution < 1.29 is 24.3 Å². The number of urea groups is 1. The van der Waals surface area contributed by atoms with E-state index in [4.69, 9.17) is 5.10 Å². The summed E-state index contributed by atoms with van der Waals surface area (Å²) in [4.78, 5) is 50.1. The summed E-state index contributed by atoms with van der Waals surface area (Å²) in [6.45, 7) is 7.54. The van der Waals surface area contributed by atoms with Crippen LogP contribution in [0.4, 0.5) is 16.2 Å². The highest BCUT2D eigenvalue weighted by Crippen LogP contribution is 2.35. The van der Waals surface area contributed by atoms with Crippen molar-refractivity contribution in [1.82, 2.24) is 5.01 Å². The third-order valence-electron chi connectivity index (χ3n) is 7.35. The molecular weight excluding hydrogens is 496 g/mol. The minimum Gasteiger partial charge on any atom is -0.478 e. The van der Waals surface area contributed by atoms with Gasteiger partial charge in [-0.2, -0.15) is 5.10 Å². The second-order valence-electron chi connectivity index (χ2n) is 11.6. The van der Waals surface area contributed by atoms with Crippen LogP contribution < -0.4 is 10.6 Å². The lowest BCUT2D eigenvalue weighted by molar-refractivity contribution is -0.125. The van der Waals surface area contributed by atoms with Gasteiger partial charge in [-0.15, -0.1) is 0 Å². The van der Waals surface area contributed by atoms with E-state index in [9.17, 15) is 24.3 Å². The van der Waals surface area contributed by atoms with Gasteiger partial charge in [0.1, 0.15) is 12.3 Å². The van der Waals surface area contributed by atoms with Crippen LogP contribution in [-0.4, -0.2) is 46.1 Å². The Labute approximate surface area is 228 Å². The van der Waals surface area contributed by atoms with Gasteiger partial charge in [-0.25, -0.2) is 14.6 Å². The summed E-state index contributed by atoms with van der Waals surface area (Å²) in [6, 6.07) is 11.0. The quantitative estimate of drug-likeness (QED) is 0.430. The largest absolute Gasteiger partial charge is 0.478 e. The normalized spacial score (nSPS) is 19.3. The molecule has 9 heteroatoms. The number of carbonyl (C=O) groups excluding carboxylic acids is 3. The van der Waals surface area contributed by atoms with Crippen LogP contribution >= 0.6 is 0 Å². The highest BCUT2D eigenvalue weighted by molar-refractivity contribution is 6.11. The predicted molar refractivity (Wildman–Crippen MR) is 150 cm³/mol. The number of carboxylic acids is 1. The lowest BCUT2D eigenvalue weighted by Crippen LogP contribution is -2.37. The first-order chi connectivity index (χ1) is 18.4. The number of fused-ring (bicyclic) bond motifs is 1. The molecule has 1 aliphatic carbocycles. The van der Waals surface area contributed by atoms with Gasteiger partial charge >= 0.3 is 12.0 Å². The Balaban J connectivity index is 1.61. The van der Waals surface area contributed by atoms with Gasteiger partial charge in [0.05, 0.1) is 17.0 Å². The number of rotatable bonds is 7. The summed E-state index contributed by atoms with van der Waals surface area (Å²) in [7, 11) is 0. The molecule has 3 amide bonds. The fourth-order valence-electron chi connectivity index (χ4n) is 4.90. The molecule has 0 atom stereocenters. The summed E-state index contributed by atoms with van der Waals surface area (Å²) in [5.41, 5.74) is 2.82. The lowest BCUT2D eigenvalue weighted by atomic mass is 9.78. The average molecular weight is 533 g/mol. The van der Waals surface area contributed by atoms with E-state index in [1.54, 1.807) is 6.07 Å². The van der Waals surface area contributed by atoms with Gasteiger partial charge < -0.3 is 15.7 Å². The molecule has 0 saturated heterocycles. The third kappa shape index (κ3) is 6.90. The van der Waals surface area contributed by atoms with Crippen LogP contribution in [0.25, 0.3) is 0 Å². The number of hydrogen-bond donors (Lipinski definition) is 3. The molecule has 1 heterocycles. The number of nitrogens with one attached hydrogen (secondary N) is 2. The monoisotopic (exact) mass is 532 g/mol. The molecule has 2 aliphatic rings. The minimum absolute atomic E-state index is 0.0448. The Hall–Kier alpha value is -4.01. The molecule has 0 radical (unpaired) electrons. The molecule has 4 rings (SSSR count). The van der Waals surface area contributed by atoms with Crippen molar-refractivity contribution >= 4 is 40.8 Å². The zero-order chi connectivity index (χ0) is 28.3.